The van der Waals surface area contributed by atoms with Gasteiger partial charge in [-0.1, -0.05) is 66.7 Å². The number of nitriles is 1. The van der Waals surface area contributed by atoms with E-state index in [0.717, 1.165) is 43.5 Å². The number of ether oxygens (including phenoxy) is 1. The van der Waals surface area contributed by atoms with E-state index in [0.29, 0.717) is 6.04 Å². The number of hydrogen-bond acceptors (Lipinski definition) is 3. The summed E-state index contributed by atoms with van der Waals surface area (Å²) in [5, 5.41) is 13.7. The maximum absolute atomic E-state index is 9.96. The van der Waals surface area contributed by atoms with Gasteiger partial charge in [0.05, 0.1) is 18.6 Å². The molecule has 0 radical (unpaired) electrons. The average molecular weight is 397 g/mol. The fourth-order valence-electron chi connectivity index (χ4n) is 4.41. The lowest BCUT2D eigenvalue weighted by Gasteiger charge is -2.36. The first-order valence-corrected chi connectivity index (χ1v) is 10.7. The van der Waals surface area contributed by atoms with Crippen LogP contribution in [0.2, 0.25) is 0 Å². The minimum absolute atomic E-state index is 0.399. The molecule has 0 aliphatic heterocycles. The molecule has 3 nitrogen and oxygen atoms in total. The van der Waals surface area contributed by atoms with Crippen molar-refractivity contribution in [1.82, 2.24) is 5.32 Å². The fraction of sp³-hybridized carbons (Fsp3) is 0.296. The molecular formula is C27H28N2O. The van der Waals surface area contributed by atoms with Crippen LogP contribution in [0.15, 0.2) is 78.9 Å². The predicted octanol–water partition coefficient (Wildman–Crippen LogP) is 5.86. The number of nitrogens with zero attached hydrogens (tertiary/aromatic N) is 1. The van der Waals surface area contributed by atoms with Gasteiger partial charge >= 0.3 is 0 Å². The standard InChI is InChI=1S/C27H28N2O/c1-30-26-9-5-8-24(18-26)27(20-28)16-14-25(15-17-27)29-19-21-10-12-23(13-11-21)22-6-3-2-4-7-22/h2-13,18,25,29H,14-17,19H2,1H3/t25-,27+. The summed E-state index contributed by atoms with van der Waals surface area (Å²) in [6.45, 7) is 0.860. The third-order valence-electron chi connectivity index (χ3n) is 6.33. The molecule has 152 valence electrons. The van der Waals surface area contributed by atoms with Crippen molar-refractivity contribution in [2.45, 2.75) is 43.7 Å². The lowest BCUT2D eigenvalue weighted by atomic mass is 9.69. The third-order valence-corrected chi connectivity index (χ3v) is 6.33. The number of methoxy groups -OCH3 is 1. The van der Waals surface area contributed by atoms with Crippen LogP contribution in [0.3, 0.4) is 0 Å². The summed E-state index contributed by atoms with van der Waals surface area (Å²) in [5.41, 5.74) is 4.46. The highest BCUT2D eigenvalue weighted by atomic mass is 16.5. The van der Waals surface area contributed by atoms with Crippen molar-refractivity contribution in [3.8, 4) is 22.9 Å². The topological polar surface area (TPSA) is 45.0 Å². The van der Waals surface area contributed by atoms with Crippen molar-refractivity contribution in [3.05, 3.63) is 90.0 Å². The van der Waals surface area contributed by atoms with Crippen molar-refractivity contribution in [2.75, 3.05) is 7.11 Å². The van der Waals surface area contributed by atoms with Crippen molar-refractivity contribution in [1.29, 1.82) is 5.26 Å². The quantitative estimate of drug-likeness (QED) is 0.568. The molecule has 0 bridgehead atoms. The van der Waals surface area contributed by atoms with Crippen LogP contribution in [0.4, 0.5) is 0 Å². The van der Waals surface area contributed by atoms with Gasteiger partial charge in [-0.05, 0) is 60.1 Å². The van der Waals surface area contributed by atoms with Crippen LogP contribution in [0.1, 0.15) is 36.8 Å². The Bertz CT molecular complexity index is 997. The largest absolute Gasteiger partial charge is 0.497 e. The molecule has 1 fully saturated rings. The molecule has 0 atom stereocenters. The van der Waals surface area contributed by atoms with Gasteiger partial charge in [-0.3, -0.25) is 0 Å². The van der Waals surface area contributed by atoms with E-state index in [9.17, 15) is 5.26 Å². The number of nitrogens with one attached hydrogen (secondary N) is 1. The van der Waals surface area contributed by atoms with Crippen LogP contribution in [0, 0.1) is 11.3 Å². The first kappa shape index (κ1) is 20.2. The van der Waals surface area contributed by atoms with E-state index in [-0.39, 0.29) is 0 Å². The summed E-state index contributed by atoms with van der Waals surface area (Å²) < 4.78 is 5.36. The van der Waals surface area contributed by atoms with Crippen molar-refractivity contribution in [3.63, 3.8) is 0 Å². The van der Waals surface area contributed by atoms with E-state index in [1.54, 1.807) is 7.11 Å². The summed E-state index contributed by atoms with van der Waals surface area (Å²) >= 11 is 0. The van der Waals surface area contributed by atoms with Crippen molar-refractivity contribution in [2.24, 2.45) is 0 Å². The van der Waals surface area contributed by atoms with Gasteiger partial charge in [0.1, 0.15) is 5.75 Å². The molecule has 3 aromatic carbocycles. The Balaban J connectivity index is 1.34. The van der Waals surface area contributed by atoms with E-state index < -0.39 is 5.41 Å². The Kier molecular flexibility index (Phi) is 6.16. The van der Waals surface area contributed by atoms with Crippen LogP contribution in [0.25, 0.3) is 11.1 Å². The Morgan fingerprint density at radius 2 is 1.63 bits per heavy atom. The molecule has 0 heterocycles. The second kappa shape index (κ2) is 9.15. The summed E-state index contributed by atoms with van der Waals surface area (Å²) in [4.78, 5) is 0. The monoisotopic (exact) mass is 396 g/mol. The zero-order chi connectivity index (χ0) is 20.8. The minimum Gasteiger partial charge on any atom is -0.497 e. The third kappa shape index (κ3) is 4.40. The molecule has 3 heteroatoms. The summed E-state index contributed by atoms with van der Waals surface area (Å²) in [6.07, 6.45) is 3.77. The maximum atomic E-state index is 9.96. The molecule has 0 spiro atoms. The summed E-state index contributed by atoms with van der Waals surface area (Å²) in [5.74, 6) is 0.821. The molecule has 0 saturated heterocycles. The van der Waals surface area contributed by atoms with E-state index in [1.165, 1.54) is 16.7 Å². The Morgan fingerprint density at radius 1 is 0.933 bits per heavy atom. The fourth-order valence-corrected chi connectivity index (χ4v) is 4.41. The summed E-state index contributed by atoms with van der Waals surface area (Å²) in [7, 11) is 1.67. The zero-order valence-electron chi connectivity index (χ0n) is 17.5. The van der Waals surface area contributed by atoms with Gasteiger partial charge in [-0.2, -0.15) is 5.26 Å². The molecule has 1 saturated carbocycles. The molecule has 1 N–H and O–H groups in total. The molecular weight excluding hydrogens is 368 g/mol. The molecule has 4 rings (SSSR count). The summed E-state index contributed by atoms with van der Waals surface area (Å²) in [6, 6.07) is 30.3. The van der Waals surface area contributed by atoms with Gasteiger partial charge in [0.25, 0.3) is 0 Å². The van der Waals surface area contributed by atoms with Gasteiger partial charge in [-0.15, -0.1) is 0 Å². The van der Waals surface area contributed by atoms with E-state index in [1.807, 2.05) is 24.3 Å². The van der Waals surface area contributed by atoms with Crippen LogP contribution in [-0.2, 0) is 12.0 Å². The second-order valence-corrected chi connectivity index (χ2v) is 8.14. The zero-order valence-corrected chi connectivity index (χ0v) is 17.5. The van der Waals surface area contributed by atoms with Crippen LogP contribution in [0.5, 0.6) is 5.75 Å². The number of hydrogen-bond donors (Lipinski definition) is 1. The molecule has 1 aliphatic carbocycles. The molecule has 0 aromatic heterocycles. The highest BCUT2D eigenvalue weighted by Gasteiger charge is 2.37. The van der Waals surface area contributed by atoms with Crippen molar-refractivity contribution >= 4 is 0 Å². The smallest absolute Gasteiger partial charge is 0.119 e. The van der Waals surface area contributed by atoms with Crippen LogP contribution < -0.4 is 10.1 Å². The Morgan fingerprint density at radius 3 is 2.30 bits per heavy atom. The Labute approximate surface area is 179 Å². The highest BCUT2D eigenvalue weighted by molar-refractivity contribution is 5.63. The van der Waals surface area contributed by atoms with Gasteiger partial charge < -0.3 is 10.1 Å². The predicted molar refractivity (Wildman–Crippen MR) is 121 cm³/mol. The highest BCUT2D eigenvalue weighted by Crippen LogP contribution is 2.40. The van der Waals surface area contributed by atoms with Gasteiger partial charge in [0, 0.05) is 12.6 Å². The van der Waals surface area contributed by atoms with Crippen LogP contribution >= 0.6 is 0 Å². The van der Waals surface area contributed by atoms with E-state index >= 15 is 0 Å². The molecule has 30 heavy (non-hydrogen) atoms. The van der Waals surface area contributed by atoms with Gasteiger partial charge in [-0.25, -0.2) is 0 Å². The lowest BCUT2D eigenvalue weighted by Crippen LogP contribution is -2.38. The minimum atomic E-state index is -0.399. The van der Waals surface area contributed by atoms with E-state index in [4.69, 9.17) is 4.74 Å². The lowest BCUT2D eigenvalue weighted by molar-refractivity contribution is 0.294. The molecule has 3 aromatic rings. The maximum Gasteiger partial charge on any atom is 0.119 e. The van der Waals surface area contributed by atoms with Crippen LogP contribution in [-0.4, -0.2) is 13.2 Å². The van der Waals surface area contributed by atoms with E-state index in [2.05, 4.69) is 66.0 Å². The number of rotatable bonds is 6. The normalized spacial score (nSPS) is 21.0. The molecule has 0 amide bonds. The van der Waals surface area contributed by atoms with Crippen molar-refractivity contribution < 1.29 is 4.74 Å². The molecule has 1 aliphatic rings. The number of benzene rings is 3. The first-order valence-electron chi connectivity index (χ1n) is 10.7. The first-order chi connectivity index (χ1) is 14.7. The molecule has 0 unspecified atom stereocenters. The van der Waals surface area contributed by atoms with Gasteiger partial charge in [0.2, 0.25) is 0 Å². The van der Waals surface area contributed by atoms with Gasteiger partial charge in [0.15, 0.2) is 0 Å². The Hall–Kier alpha value is -3.09. The SMILES string of the molecule is COc1cccc([C@]2(C#N)CC[C@H](NCc3ccc(-c4ccccc4)cc3)CC2)c1. The average Bonchev–Trinajstić information content (AvgIpc) is 2.84. The second-order valence-electron chi connectivity index (χ2n) is 8.14.